The van der Waals surface area contributed by atoms with Crippen LogP contribution in [0.5, 0.6) is 0 Å². The Hall–Kier alpha value is 0.0269. The molecule has 5 heteroatoms. The van der Waals surface area contributed by atoms with E-state index in [1.165, 1.54) is 0 Å². The first kappa shape index (κ1) is 8.03. The summed E-state index contributed by atoms with van der Waals surface area (Å²) in [6.45, 7) is 1.82. The van der Waals surface area contributed by atoms with E-state index in [2.05, 4.69) is 4.43 Å². The van der Waals surface area contributed by atoms with Gasteiger partial charge in [-0.25, -0.2) is 4.11 Å². The monoisotopic (exact) mass is 140 g/mol. The second-order valence-electron chi connectivity index (χ2n) is 1.38. The third kappa shape index (κ3) is 6.03. The molecule has 0 spiro atoms. The highest BCUT2D eigenvalue weighted by Gasteiger charge is 2.33. The normalized spacial score (nSPS) is 12.0. The van der Waals surface area contributed by atoms with Crippen molar-refractivity contribution in [2.24, 2.45) is 0 Å². The summed E-state index contributed by atoms with van der Waals surface area (Å²) in [5.41, 5.74) is 0. The third-order valence-corrected chi connectivity index (χ3v) is 1.06. The summed E-state index contributed by atoms with van der Waals surface area (Å²) in [4.78, 5) is 15.9. The van der Waals surface area contributed by atoms with Crippen LogP contribution in [0.15, 0.2) is 0 Å². The van der Waals surface area contributed by atoms with E-state index in [4.69, 9.17) is 9.59 Å². The zero-order valence-electron chi connectivity index (χ0n) is 4.59. The molecule has 0 saturated heterocycles. The highest BCUT2D eigenvalue weighted by molar-refractivity contribution is 6.49. The summed E-state index contributed by atoms with van der Waals surface area (Å²) in [6, 6.07) is 0. The van der Waals surface area contributed by atoms with Crippen LogP contribution in [0.1, 0.15) is 13.3 Å². The largest absolute Gasteiger partial charge is 0.714 e. The molecule has 3 nitrogen and oxygen atoms in total. The van der Waals surface area contributed by atoms with Gasteiger partial charge >= 0.3 is 9.14 Å². The van der Waals surface area contributed by atoms with Crippen LogP contribution in [-0.2, 0) is 4.43 Å². The second-order valence-corrected chi connectivity index (χ2v) is 2.72. The molecule has 0 atom stereocenters. The molecule has 0 aromatic carbocycles. The number of hydrogen-bond acceptors (Lipinski definition) is 3. The molecule has 0 aromatic heterocycles. The molecular formula is C3H9FO3Si. The maximum Gasteiger partial charge on any atom is 0.714 e. The molecule has 0 aliphatic heterocycles. The predicted octanol–water partition coefficient (Wildman–Crippen LogP) is -0.197. The van der Waals surface area contributed by atoms with E-state index in [1.54, 1.807) is 6.92 Å². The lowest BCUT2D eigenvalue weighted by Crippen LogP contribution is -2.33. The lowest BCUT2D eigenvalue weighted by Gasteiger charge is -2.04. The van der Waals surface area contributed by atoms with Gasteiger partial charge < -0.3 is 14.0 Å². The van der Waals surface area contributed by atoms with Gasteiger partial charge in [-0.15, -0.1) is 0 Å². The van der Waals surface area contributed by atoms with E-state index >= 15 is 0 Å². The van der Waals surface area contributed by atoms with Crippen LogP contribution >= 0.6 is 0 Å². The van der Waals surface area contributed by atoms with Crippen LogP contribution in [0.25, 0.3) is 0 Å². The minimum atomic E-state index is -4.68. The van der Waals surface area contributed by atoms with Gasteiger partial charge in [0.15, 0.2) is 0 Å². The van der Waals surface area contributed by atoms with Crippen molar-refractivity contribution in [3.8, 4) is 0 Å². The van der Waals surface area contributed by atoms with Crippen molar-refractivity contribution in [3.05, 3.63) is 0 Å². The van der Waals surface area contributed by atoms with Crippen molar-refractivity contribution in [1.82, 2.24) is 0 Å². The van der Waals surface area contributed by atoms with Crippen LogP contribution in [0.2, 0.25) is 0 Å². The first-order chi connectivity index (χ1) is 3.56. The minimum absolute atomic E-state index is 0.0652. The van der Waals surface area contributed by atoms with Gasteiger partial charge in [-0.05, 0) is 6.42 Å². The molecule has 0 amide bonds. The average molecular weight is 140 g/mol. The number of rotatable bonds is 3. The van der Waals surface area contributed by atoms with Crippen LogP contribution in [-0.4, -0.2) is 25.3 Å². The summed E-state index contributed by atoms with van der Waals surface area (Å²) in [6.07, 6.45) is 0.583. The first-order valence-corrected chi connectivity index (χ1v) is 4.02. The maximum atomic E-state index is 11.6. The van der Waals surface area contributed by atoms with Crippen molar-refractivity contribution in [2.75, 3.05) is 6.61 Å². The topological polar surface area (TPSA) is 49.7 Å². The fraction of sp³-hybridized carbons (Fsp3) is 1.00. The van der Waals surface area contributed by atoms with Gasteiger partial charge in [-0.2, -0.15) is 0 Å². The average Bonchev–Trinajstić information content (AvgIpc) is 1.59. The van der Waals surface area contributed by atoms with Crippen molar-refractivity contribution in [2.45, 2.75) is 13.3 Å². The van der Waals surface area contributed by atoms with Crippen LogP contribution in [0, 0.1) is 0 Å². The van der Waals surface area contributed by atoms with Gasteiger partial charge in [0.2, 0.25) is 0 Å². The molecule has 0 aliphatic carbocycles. The van der Waals surface area contributed by atoms with Crippen molar-refractivity contribution in [3.63, 3.8) is 0 Å². The van der Waals surface area contributed by atoms with Crippen LogP contribution < -0.4 is 0 Å². The molecule has 0 saturated carbocycles. The summed E-state index contributed by atoms with van der Waals surface area (Å²) >= 11 is 0. The van der Waals surface area contributed by atoms with E-state index in [0.717, 1.165) is 0 Å². The Morgan fingerprint density at radius 2 is 2.12 bits per heavy atom. The van der Waals surface area contributed by atoms with E-state index in [9.17, 15) is 4.11 Å². The molecule has 0 bridgehead atoms. The molecule has 0 rings (SSSR count). The fourth-order valence-electron chi connectivity index (χ4n) is 0.232. The Balaban J connectivity index is 3.11. The standard InChI is InChI=1S/C3H9FO3Si/c1-2-3-7-8(4,5)6/h5-6H,2-3H2,1H3. The van der Waals surface area contributed by atoms with Gasteiger partial charge in [-0.3, -0.25) is 0 Å². The molecule has 0 heterocycles. The van der Waals surface area contributed by atoms with Gasteiger partial charge in [0, 0.05) is 6.61 Å². The summed E-state index contributed by atoms with van der Waals surface area (Å²) in [5.74, 6) is 0. The molecule has 0 unspecified atom stereocenters. The van der Waals surface area contributed by atoms with E-state index < -0.39 is 9.14 Å². The molecule has 0 aromatic rings. The Labute approximate surface area is 48.3 Å². The Morgan fingerprint density at radius 3 is 2.25 bits per heavy atom. The summed E-state index contributed by atoms with van der Waals surface area (Å²) in [5, 5.41) is 0. The van der Waals surface area contributed by atoms with Gasteiger partial charge in [0.1, 0.15) is 0 Å². The lowest BCUT2D eigenvalue weighted by atomic mass is 10.5. The number of halogens is 1. The fourth-order valence-corrected chi connectivity index (χ4v) is 0.696. The predicted molar refractivity (Wildman–Crippen MR) is 27.5 cm³/mol. The molecule has 2 N–H and O–H groups in total. The Morgan fingerprint density at radius 1 is 1.62 bits per heavy atom. The summed E-state index contributed by atoms with van der Waals surface area (Å²) in [7, 11) is -4.68. The number of hydrogen-bond donors (Lipinski definition) is 2. The minimum Gasteiger partial charge on any atom is -0.364 e. The van der Waals surface area contributed by atoms with Crippen molar-refractivity contribution < 1.29 is 18.1 Å². The van der Waals surface area contributed by atoms with E-state index in [1.807, 2.05) is 0 Å². The zero-order chi connectivity index (χ0) is 6.62. The van der Waals surface area contributed by atoms with Crippen molar-refractivity contribution in [1.29, 1.82) is 0 Å². The van der Waals surface area contributed by atoms with Gasteiger partial charge in [0.25, 0.3) is 0 Å². The highest BCUT2D eigenvalue weighted by atomic mass is 28.4. The third-order valence-electron chi connectivity index (χ3n) is 0.490. The molecule has 0 fully saturated rings. The molecule has 0 aliphatic rings. The Kier molecular flexibility index (Phi) is 3.14. The van der Waals surface area contributed by atoms with E-state index in [-0.39, 0.29) is 6.61 Å². The lowest BCUT2D eigenvalue weighted by molar-refractivity contribution is 0.0997. The highest BCUT2D eigenvalue weighted by Crippen LogP contribution is 1.95. The Bertz CT molecular complexity index is 62.0. The summed E-state index contributed by atoms with van der Waals surface area (Å²) < 4.78 is 15.6. The molecular weight excluding hydrogens is 131 g/mol. The van der Waals surface area contributed by atoms with Crippen LogP contribution in [0.4, 0.5) is 4.11 Å². The maximum absolute atomic E-state index is 11.6. The van der Waals surface area contributed by atoms with Gasteiger partial charge in [-0.1, -0.05) is 6.92 Å². The SMILES string of the molecule is CCCO[Si](O)(O)F. The molecule has 0 radical (unpaired) electrons. The van der Waals surface area contributed by atoms with E-state index in [0.29, 0.717) is 6.42 Å². The smallest absolute Gasteiger partial charge is 0.364 e. The molecule has 50 valence electrons. The molecule has 8 heavy (non-hydrogen) atoms. The van der Waals surface area contributed by atoms with Gasteiger partial charge in [0.05, 0.1) is 0 Å². The van der Waals surface area contributed by atoms with Crippen molar-refractivity contribution >= 4 is 9.14 Å². The zero-order valence-corrected chi connectivity index (χ0v) is 5.59. The van der Waals surface area contributed by atoms with Crippen LogP contribution in [0.3, 0.4) is 0 Å². The quantitative estimate of drug-likeness (QED) is 0.421. The second kappa shape index (κ2) is 3.13. The first-order valence-electron chi connectivity index (χ1n) is 2.34.